The predicted molar refractivity (Wildman–Crippen MR) is 330 cm³/mol. The molecule has 0 radical (unpaired) electrons. The van der Waals surface area contributed by atoms with Crippen molar-refractivity contribution in [1.29, 1.82) is 0 Å². The van der Waals surface area contributed by atoms with E-state index in [1.165, 1.54) is 257 Å². The van der Waals surface area contributed by atoms with Gasteiger partial charge < -0.3 is 14.2 Å². The van der Waals surface area contributed by atoms with Crippen LogP contribution < -0.4 is 0 Å². The van der Waals surface area contributed by atoms with Gasteiger partial charge >= 0.3 is 17.9 Å². The number of allylic oxidation sites excluding steroid dienone is 6. The fraction of sp³-hybridized carbons (Fsp3) is 0.871. The van der Waals surface area contributed by atoms with E-state index in [0.29, 0.717) is 19.3 Å². The molecule has 76 heavy (non-hydrogen) atoms. The van der Waals surface area contributed by atoms with Gasteiger partial charge in [-0.05, 0) is 57.8 Å². The van der Waals surface area contributed by atoms with E-state index in [1.54, 1.807) is 0 Å². The first-order valence-electron chi connectivity index (χ1n) is 34.0. The number of hydrogen-bond acceptors (Lipinski definition) is 6. The lowest BCUT2D eigenvalue weighted by Gasteiger charge is -2.18. The summed E-state index contributed by atoms with van der Waals surface area (Å²) in [7, 11) is 0. The van der Waals surface area contributed by atoms with Crippen molar-refractivity contribution in [3.63, 3.8) is 0 Å². The third kappa shape index (κ3) is 62.5. The van der Waals surface area contributed by atoms with Crippen molar-refractivity contribution < 1.29 is 28.6 Å². The van der Waals surface area contributed by atoms with Crippen molar-refractivity contribution in [3.8, 4) is 0 Å². The molecular weight excluding hydrogens is 937 g/mol. The third-order valence-electron chi connectivity index (χ3n) is 15.4. The zero-order chi connectivity index (χ0) is 55.0. The molecule has 0 aliphatic heterocycles. The molecule has 0 N–H and O–H groups in total. The summed E-state index contributed by atoms with van der Waals surface area (Å²) >= 11 is 0. The molecule has 0 saturated carbocycles. The summed E-state index contributed by atoms with van der Waals surface area (Å²) in [5.41, 5.74) is 0. The summed E-state index contributed by atoms with van der Waals surface area (Å²) in [6, 6.07) is 0. The maximum absolute atomic E-state index is 12.9. The van der Waals surface area contributed by atoms with Crippen LogP contribution >= 0.6 is 0 Å². The first kappa shape index (κ1) is 73.6. The summed E-state index contributed by atoms with van der Waals surface area (Å²) in [6.07, 6.45) is 80.2. The maximum Gasteiger partial charge on any atom is 0.306 e. The molecule has 0 aromatic heterocycles. The second-order valence-corrected chi connectivity index (χ2v) is 23.1. The zero-order valence-corrected chi connectivity index (χ0v) is 51.3. The Balaban J connectivity index is 4.22. The Hall–Kier alpha value is -2.37. The minimum Gasteiger partial charge on any atom is -0.462 e. The van der Waals surface area contributed by atoms with Crippen molar-refractivity contribution in [3.05, 3.63) is 36.5 Å². The van der Waals surface area contributed by atoms with Gasteiger partial charge in [0, 0.05) is 19.3 Å². The normalized spacial score (nSPS) is 12.2. The highest BCUT2D eigenvalue weighted by Gasteiger charge is 2.19. The van der Waals surface area contributed by atoms with Gasteiger partial charge in [0.05, 0.1) is 0 Å². The van der Waals surface area contributed by atoms with Crippen molar-refractivity contribution in [2.24, 2.45) is 0 Å². The number of unbranched alkanes of at least 4 members (excludes halogenated alkanes) is 46. The molecule has 0 aliphatic carbocycles. The third-order valence-corrected chi connectivity index (χ3v) is 15.4. The van der Waals surface area contributed by atoms with E-state index in [4.69, 9.17) is 14.2 Å². The van der Waals surface area contributed by atoms with Crippen molar-refractivity contribution in [1.82, 2.24) is 0 Å². The Labute approximate surface area is 474 Å². The molecule has 0 spiro atoms. The molecule has 1 unspecified atom stereocenters. The monoisotopic (exact) mass is 1070 g/mol. The average Bonchev–Trinajstić information content (AvgIpc) is 3.42. The summed E-state index contributed by atoms with van der Waals surface area (Å²) in [6.45, 7) is 6.68. The minimum atomic E-state index is -0.773. The lowest BCUT2D eigenvalue weighted by atomic mass is 10.0. The number of rotatable bonds is 63. The van der Waals surface area contributed by atoms with Gasteiger partial charge in [0.15, 0.2) is 6.10 Å². The van der Waals surface area contributed by atoms with Gasteiger partial charge in [-0.3, -0.25) is 14.4 Å². The van der Waals surface area contributed by atoms with Crippen LogP contribution in [0.4, 0.5) is 0 Å². The van der Waals surface area contributed by atoms with E-state index < -0.39 is 6.10 Å². The minimum absolute atomic E-state index is 0.0697. The van der Waals surface area contributed by atoms with Gasteiger partial charge in [0.25, 0.3) is 0 Å². The van der Waals surface area contributed by atoms with E-state index in [1.807, 2.05) is 0 Å². The molecule has 446 valence electrons. The second kappa shape index (κ2) is 65.2. The SMILES string of the molecule is CCCCCCC/C=C\C/C=C\C/C=C\CCCCCCCCCCC(=O)OC(COC(=O)CCCCCCCCCCCCC)COC(=O)CCCCCCCCCCCCCCCCCCCCCCCCCC. The summed E-state index contributed by atoms with van der Waals surface area (Å²) < 4.78 is 16.9. The van der Waals surface area contributed by atoms with E-state index in [-0.39, 0.29) is 31.1 Å². The van der Waals surface area contributed by atoms with Gasteiger partial charge in [-0.15, -0.1) is 0 Å². The Morgan fingerprint density at radius 2 is 0.474 bits per heavy atom. The van der Waals surface area contributed by atoms with Crippen molar-refractivity contribution >= 4 is 17.9 Å². The fourth-order valence-corrected chi connectivity index (χ4v) is 10.3. The molecule has 0 rings (SSSR count). The molecule has 0 aromatic carbocycles. The Bertz CT molecular complexity index is 1270. The Morgan fingerprint density at radius 1 is 0.263 bits per heavy atom. The number of ether oxygens (including phenoxy) is 3. The maximum atomic E-state index is 12.9. The predicted octanol–water partition coefficient (Wildman–Crippen LogP) is 23.2. The molecule has 0 fully saturated rings. The van der Waals surface area contributed by atoms with E-state index in [9.17, 15) is 14.4 Å². The highest BCUT2D eigenvalue weighted by molar-refractivity contribution is 5.71. The Morgan fingerprint density at radius 3 is 0.737 bits per heavy atom. The summed E-state index contributed by atoms with van der Waals surface area (Å²) in [4.78, 5) is 38.3. The summed E-state index contributed by atoms with van der Waals surface area (Å²) in [5.74, 6) is -0.851. The summed E-state index contributed by atoms with van der Waals surface area (Å²) in [5, 5.41) is 0. The number of carbonyl (C=O) groups excluding carboxylic acids is 3. The topological polar surface area (TPSA) is 78.9 Å². The van der Waals surface area contributed by atoms with Gasteiger partial charge in [-0.2, -0.15) is 0 Å². The Kier molecular flexibility index (Phi) is 63.1. The molecule has 0 bridgehead atoms. The van der Waals surface area contributed by atoms with Crippen LogP contribution in [-0.4, -0.2) is 37.2 Å². The molecule has 0 saturated heterocycles. The molecule has 0 heterocycles. The number of carbonyl (C=O) groups is 3. The van der Waals surface area contributed by atoms with E-state index in [0.717, 1.165) is 77.0 Å². The lowest BCUT2D eigenvalue weighted by molar-refractivity contribution is -0.167. The van der Waals surface area contributed by atoms with Crippen LogP contribution in [0.2, 0.25) is 0 Å². The number of hydrogen-bond donors (Lipinski definition) is 0. The smallest absolute Gasteiger partial charge is 0.306 e. The van der Waals surface area contributed by atoms with Crippen molar-refractivity contribution in [2.45, 2.75) is 380 Å². The van der Waals surface area contributed by atoms with Crippen LogP contribution in [0, 0.1) is 0 Å². The van der Waals surface area contributed by atoms with Crippen LogP contribution in [0.1, 0.15) is 374 Å². The first-order chi connectivity index (χ1) is 37.5. The van der Waals surface area contributed by atoms with Gasteiger partial charge in [-0.1, -0.05) is 333 Å². The highest BCUT2D eigenvalue weighted by atomic mass is 16.6. The molecule has 6 nitrogen and oxygen atoms in total. The number of esters is 3. The van der Waals surface area contributed by atoms with Crippen LogP contribution in [0.15, 0.2) is 36.5 Å². The second-order valence-electron chi connectivity index (χ2n) is 23.1. The van der Waals surface area contributed by atoms with Gasteiger partial charge in [0.1, 0.15) is 13.2 Å². The molecule has 0 amide bonds. The zero-order valence-electron chi connectivity index (χ0n) is 51.3. The van der Waals surface area contributed by atoms with Gasteiger partial charge in [0.2, 0.25) is 0 Å². The lowest BCUT2D eigenvalue weighted by Crippen LogP contribution is -2.30. The fourth-order valence-electron chi connectivity index (χ4n) is 10.3. The molecule has 1 atom stereocenters. The van der Waals surface area contributed by atoms with E-state index in [2.05, 4.69) is 57.2 Å². The molecule has 0 aliphatic rings. The van der Waals surface area contributed by atoms with Crippen LogP contribution in [0.5, 0.6) is 0 Å². The molecule has 6 heteroatoms. The highest BCUT2D eigenvalue weighted by Crippen LogP contribution is 2.18. The molecular formula is C70H130O6. The van der Waals surface area contributed by atoms with Crippen molar-refractivity contribution in [2.75, 3.05) is 13.2 Å². The van der Waals surface area contributed by atoms with Gasteiger partial charge in [-0.25, -0.2) is 0 Å². The quantitative estimate of drug-likeness (QED) is 0.0261. The van der Waals surface area contributed by atoms with Crippen LogP contribution in [0.3, 0.4) is 0 Å². The van der Waals surface area contributed by atoms with Crippen LogP contribution in [-0.2, 0) is 28.6 Å². The van der Waals surface area contributed by atoms with Crippen LogP contribution in [0.25, 0.3) is 0 Å². The first-order valence-corrected chi connectivity index (χ1v) is 34.0. The molecule has 0 aromatic rings. The largest absolute Gasteiger partial charge is 0.462 e. The standard InChI is InChI=1S/C70H130O6/c1-4-7-10-13-16-19-22-24-26-28-30-32-34-36-37-39-41-43-45-48-51-54-57-60-63-69(72)75-66-67(65-74-68(71)62-59-56-53-50-47-21-18-15-12-9-6-3)76-70(73)64-61-58-55-52-49-46-44-42-40-38-35-33-31-29-27-25-23-20-17-14-11-8-5-2/h23,25,29,31,35,38,67H,4-22,24,26-28,30,32-34,36-37,39-66H2,1-3H3/b25-23-,31-29-,38-35-. The average molecular weight is 1070 g/mol. The van der Waals surface area contributed by atoms with E-state index >= 15 is 0 Å².